The zero-order valence-corrected chi connectivity index (χ0v) is 10.4. The first kappa shape index (κ1) is 13.9. The first-order valence-corrected chi connectivity index (χ1v) is 5.95. The number of anilines is 1. The smallest absolute Gasteiger partial charge is 0.182 e. The highest BCUT2D eigenvalue weighted by atomic mass is 19.2. The lowest BCUT2D eigenvalue weighted by Crippen LogP contribution is -2.12. The monoisotopic (exact) mass is 276 g/mol. The van der Waals surface area contributed by atoms with Crippen molar-refractivity contribution in [2.24, 2.45) is 0 Å². The van der Waals surface area contributed by atoms with E-state index in [0.717, 1.165) is 11.6 Å². The maximum atomic E-state index is 13.6. The van der Waals surface area contributed by atoms with Gasteiger partial charge in [0, 0.05) is 12.1 Å². The predicted octanol–water partition coefficient (Wildman–Crippen LogP) is 4.17. The Hall–Kier alpha value is -2.48. The zero-order valence-electron chi connectivity index (χ0n) is 10.4. The fraction of sp³-hybridized carbons (Fsp3) is 0.133. The highest BCUT2D eigenvalue weighted by Gasteiger charge is 2.16. The van der Waals surface area contributed by atoms with Crippen LogP contribution in [0.1, 0.15) is 18.0 Å². The molecular weight excluding hydrogens is 265 g/mol. The number of hydrogen-bond donors (Lipinski definition) is 1. The lowest BCUT2D eigenvalue weighted by Gasteiger charge is -2.18. The van der Waals surface area contributed by atoms with Crippen LogP contribution >= 0.6 is 0 Å². The number of nitriles is 1. The molecule has 2 nitrogen and oxygen atoms in total. The lowest BCUT2D eigenvalue weighted by molar-refractivity contribution is 0.496. The third-order valence-corrected chi connectivity index (χ3v) is 2.82. The minimum atomic E-state index is -1.27. The van der Waals surface area contributed by atoms with Crippen molar-refractivity contribution in [2.75, 3.05) is 5.32 Å². The van der Waals surface area contributed by atoms with Crippen LogP contribution in [0.4, 0.5) is 18.9 Å². The van der Waals surface area contributed by atoms with E-state index in [1.165, 1.54) is 0 Å². The number of benzene rings is 2. The second-order valence-electron chi connectivity index (χ2n) is 4.22. The van der Waals surface area contributed by atoms with Crippen molar-refractivity contribution in [2.45, 2.75) is 12.5 Å². The van der Waals surface area contributed by atoms with E-state index in [9.17, 15) is 13.2 Å². The Morgan fingerprint density at radius 3 is 2.45 bits per heavy atom. The van der Waals surface area contributed by atoms with Crippen molar-refractivity contribution in [3.05, 3.63) is 65.5 Å². The van der Waals surface area contributed by atoms with E-state index in [1.807, 2.05) is 6.07 Å². The number of hydrogen-bond acceptors (Lipinski definition) is 2. The topological polar surface area (TPSA) is 35.8 Å². The third kappa shape index (κ3) is 3.09. The summed E-state index contributed by atoms with van der Waals surface area (Å²) in [6, 6.07) is 11.6. The Balaban J connectivity index is 2.32. The van der Waals surface area contributed by atoms with Gasteiger partial charge in [-0.25, -0.2) is 13.2 Å². The number of rotatable bonds is 4. The number of halogens is 3. The molecule has 0 aromatic heterocycles. The Labute approximate surface area is 114 Å². The van der Waals surface area contributed by atoms with Gasteiger partial charge < -0.3 is 5.32 Å². The van der Waals surface area contributed by atoms with E-state index in [4.69, 9.17) is 5.26 Å². The van der Waals surface area contributed by atoms with Gasteiger partial charge in [0.1, 0.15) is 5.82 Å². The molecule has 1 unspecified atom stereocenters. The molecule has 5 heteroatoms. The van der Waals surface area contributed by atoms with E-state index in [2.05, 4.69) is 5.32 Å². The fourth-order valence-corrected chi connectivity index (χ4v) is 1.88. The minimum Gasteiger partial charge on any atom is -0.375 e. The van der Waals surface area contributed by atoms with Gasteiger partial charge in [-0.3, -0.25) is 0 Å². The summed E-state index contributed by atoms with van der Waals surface area (Å²) in [5.41, 5.74) is 0.435. The quantitative estimate of drug-likeness (QED) is 0.851. The van der Waals surface area contributed by atoms with Crippen LogP contribution in [0.2, 0.25) is 0 Å². The van der Waals surface area contributed by atoms with Gasteiger partial charge in [-0.2, -0.15) is 5.26 Å². The first-order valence-electron chi connectivity index (χ1n) is 5.95. The van der Waals surface area contributed by atoms with Crippen LogP contribution < -0.4 is 5.32 Å². The molecule has 20 heavy (non-hydrogen) atoms. The van der Waals surface area contributed by atoms with Gasteiger partial charge in [-0.15, -0.1) is 0 Å². The molecule has 0 saturated heterocycles. The van der Waals surface area contributed by atoms with Gasteiger partial charge in [0.15, 0.2) is 11.6 Å². The van der Waals surface area contributed by atoms with E-state index in [0.29, 0.717) is 6.07 Å². The van der Waals surface area contributed by atoms with E-state index >= 15 is 0 Å². The zero-order chi connectivity index (χ0) is 14.5. The Bertz CT molecular complexity index is 636. The van der Waals surface area contributed by atoms with Gasteiger partial charge in [0.25, 0.3) is 0 Å². The normalized spacial score (nSPS) is 11.7. The molecule has 0 spiro atoms. The summed E-state index contributed by atoms with van der Waals surface area (Å²) >= 11 is 0. The third-order valence-electron chi connectivity index (χ3n) is 2.82. The summed E-state index contributed by atoms with van der Waals surface area (Å²) in [7, 11) is 0. The second-order valence-corrected chi connectivity index (χ2v) is 4.22. The average molecular weight is 276 g/mol. The molecule has 0 fully saturated rings. The molecule has 1 atom stereocenters. The molecule has 0 bridgehead atoms. The summed E-state index contributed by atoms with van der Waals surface area (Å²) in [6.07, 6.45) is 0.0432. The number of nitrogens with zero attached hydrogens (tertiary/aromatic N) is 1. The SMILES string of the molecule is N#CCC(Nc1cc(F)cc(F)c1F)c1ccccc1. The fourth-order valence-electron chi connectivity index (χ4n) is 1.88. The minimum absolute atomic E-state index is 0.0432. The van der Waals surface area contributed by atoms with Crippen LogP contribution in [-0.2, 0) is 0 Å². The molecule has 0 aliphatic carbocycles. The predicted molar refractivity (Wildman–Crippen MR) is 69.4 cm³/mol. The summed E-state index contributed by atoms with van der Waals surface area (Å²) < 4.78 is 39.9. The van der Waals surface area contributed by atoms with Gasteiger partial charge in [0.05, 0.1) is 24.2 Å². The van der Waals surface area contributed by atoms with E-state index < -0.39 is 23.5 Å². The van der Waals surface area contributed by atoms with Crippen molar-refractivity contribution in [1.29, 1.82) is 5.26 Å². The van der Waals surface area contributed by atoms with Crippen molar-refractivity contribution < 1.29 is 13.2 Å². The van der Waals surface area contributed by atoms with Crippen molar-refractivity contribution in [3.8, 4) is 6.07 Å². The standard InChI is InChI=1S/C15H11F3N2/c16-11-8-12(17)15(18)14(9-11)20-13(6-7-19)10-4-2-1-3-5-10/h1-5,8-9,13,20H,6H2. The maximum absolute atomic E-state index is 13.6. The summed E-state index contributed by atoms with van der Waals surface area (Å²) in [6.45, 7) is 0. The molecule has 0 radical (unpaired) electrons. The molecule has 102 valence electrons. The Morgan fingerprint density at radius 1 is 1.10 bits per heavy atom. The van der Waals surface area contributed by atoms with Gasteiger partial charge in [-0.05, 0) is 5.56 Å². The van der Waals surface area contributed by atoms with Crippen molar-refractivity contribution in [3.63, 3.8) is 0 Å². The van der Waals surface area contributed by atoms with Crippen molar-refractivity contribution in [1.82, 2.24) is 0 Å². The molecule has 0 amide bonds. The van der Waals surface area contributed by atoms with Crippen LogP contribution in [0.25, 0.3) is 0 Å². The molecular formula is C15H11F3N2. The largest absolute Gasteiger partial charge is 0.375 e. The second kappa shape index (κ2) is 6.11. The van der Waals surface area contributed by atoms with Gasteiger partial charge in [0.2, 0.25) is 0 Å². The average Bonchev–Trinajstić information content (AvgIpc) is 2.44. The molecule has 0 aliphatic rings. The Morgan fingerprint density at radius 2 is 1.80 bits per heavy atom. The Kier molecular flexibility index (Phi) is 4.26. The van der Waals surface area contributed by atoms with Crippen LogP contribution in [0, 0.1) is 28.8 Å². The first-order chi connectivity index (χ1) is 9.61. The van der Waals surface area contributed by atoms with Crippen LogP contribution in [0.3, 0.4) is 0 Å². The summed E-state index contributed by atoms with van der Waals surface area (Å²) in [4.78, 5) is 0. The molecule has 0 saturated carbocycles. The summed E-state index contributed by atoms with van der Waals surface area (Å²) in [5.74, 6) is -3.31. The number of nitrogens with one attached hydrogen (secondary N) is 1. The van der Waals surface area contributed by atoms with Crippen LogP contribution in [0.15, 0.2) is 42.5 Å². The molecule has 2 rings (SSSR count). The molecule has 0 heterocycles. The van der Waals surface area contributed by atoms with Gasteiger partial charge in [-0.1, -0.05) is 30.3 Å². The molecule has 2 aromatic rings. The van der Waals surface area contributed by atoms with Crippen molar-refractivity contribution >= 4 is 5.69 Å². The lowest BCUT2D eigenvalue weighted by atomic mass is 10.0. The van der Waals surface area contributed by atoms with Crippen LogP contribution in [-0.4, -0.2) is 0 Å². The van der Waals surface area contributed by atoms with Gasteiger partial charge >= 0.3 is 0 Å². The highest BCUT2D eigenvalue weighted by Crippen LogP contribution is 2.26. The molecule has 1 N–H and O–H groups in total. The molecule has 2 aromatic carbocycles. The highest BCUT2D eigenvalue weighted by molar-refractivity contribution is 5.48. The van der Waals surface area contributed by atoms with E-state index in [1.54, 1.807) is 30.3 Å². The van der Waals surface area contributed by atoms with E-state index in [-0.39, 0.29) is 12.1 Å². The van der Waals surface area contributed by atoms with Crippen LogP contribution in [0.5, 0.6) is 0 Å². The molecule has 0 aliphatic heterocycles. The maximum Gasteiger partial charge on any atom is 0.182 e. The summed E-state index contributed by atoms with van der Waals surface area (Å²) in [5, 5.41) is 11.5.